The number of nitrogens with zero attached hydrogens (tertiary/aromatic N) is 2. The van der Waals surface area contributed by atoms with Gasteiger partial charge in [0.05, 0.1) is 5.69 Å². The SMILES string of the molecule is Cc1cccc(N(C)C(=O)CN2C(=O)COc3ccccc32)c1C. The van der Waals surface area contributed by atoms with Crippen molar-refractivity contribution in [1.29, 1.82) is 0 Å². The molecule has 0 aromatic heterocycles. The number of amides is 2. The van der Waals surface area contributed by atoms with E-state index in [4.69, 9.17) is 4.74 Å². The summed E-state index contributed by atoms with van der Waals surface area (Å²) in [7, 11) is 1.74. The summed E-state index contributed by atoms with van der Waals surface area (Å²) in [4.78, 5) is 28.0. The Morgan fingerprint density at radius 2 is 1.92 bits per heavy atom. The molecule has 1 aliphatic rings. The third-order valence-electron chi connectivity index (χ3n) is 4.41. The van der Waals surface area contributed by atoms with Crippen LogP contribution in [0.3, 0.4) is 0 Å². The van der Waals surface area contributed by atoms with Crippen LogP contribution in [0.15, 0.2) is 42.5 Å². The molecule has 0 saturated heterocycles. The Morgan fingerprint density at radius 1 is 1.17 bits per heavy atom. The van der Waals surface area contributed by atoms with E-state index in [1.165, 1.54) is 4.90 Å². The molecule has 0 atom stereocenters. The van der Waals surface area contributed by atoms with Crippen molar-refractivity contribution in [2.24, 2.45) is 0 Å². The molecule has 0 radical (unpaired) electrons. The molecule has 0 unspecified atom stereocenters. The lowest BCUT2D eigenvalue weighted by Crippen LogP contribution is -2.45. The number of rotatable bonds is 3. The van der Waals surface area contributed by atoms with Crippen LogP contribution < -0.4 is 14.5 Å². The van der Waals surface area contributed by atoms with E-state index < -0.39 is 0 Å². The monoisotopic (exact) mass is 324 g/mol. The molecule has 124 valence electrons. The normalized spacial score (nSPS) is 13.3. The zero-order chi connectivity index (χ0) is 17.3. The molecule has 2 amide bonds. The van der Waals surface area contributed by atoms with Crippen LogP contribution in [-0.4, -0.2) is 32.0 Å². The maximum atomic E-state index is 12.7. The van der Waals surface area contributed by atoms with Gasteiger partial charge in [0.1, 0.15) is 12.3 Å². The quantitative estimate of drug-likeness (QED) is 0.872. The Labute approximate surface area is 141 Å². The molecule has 5 heteroatoms. The highest BCUT2D eigenvalue weighted by Crippen LogP contribution is 2.31. The standard InChI is InChI=1S/C19H20N2O3/c1-13-7-6-9-15(14(13)2)20(3)18(22)11-21-16-8-4-5-10-17(16)24-12-19(21)23/h4-10H,11-12H2,1-3H3. The molecule has 5 nitrogen and oxygen atoms in total. The van der Waals surface area contributed by atoms with Gasteiger partial charge in [0.25, 0.3) is 5.91 Å². The van der Waals surface area contributed by atoms with Crippen molar-refractivity contribution in [3.8, 4) is 5.75 Å². The first-order valence-corrected chi connectivity index (χ1v) is 7.84. The van der Waals surface area contributed by atoms with Gasteiger partial charge in [-0.25, -0.2) is 0 Å². The Morgan fingerprint density at radius 3 is 2.71 bits per heavy atom. The molecule has 24 heavy (non-hydrogen) atoms. The highest BCUT2D eigenvalue weighted by molar-refractivity contribution is 6.05. The van der Waals surface area contributed by atoms with E-state index >= 15 is 0 Å². The smallest absolute Gasteiger partial charge is 0.265 e. The van der Waals surface area contributed by atoms with E-state index in [9.17, 15) is 9.59 Å². The second-order valence-corrected chi connectivity index (χ2v) is 5.91. The van der Waals surface area contributed by atoms with Gasteiger partial charge in [0, 0.05) is 12.7 Å². The Kier molecular flexibility index (Phi) is 4.25. The summed E-state index contributed by atoms with van der Waals surface area (Å²) >= 11 is 0. The number of anilines is 2. The highest BCUT2D eigenvalue weighted by atomic mass is 16.5. The van der Waals surface area contributed by atoms with E-state index in [1.807, 2.05) is 44.2 Å². The van der Waals surface area contributed by atoms with Gasteiger partial charge >= 0.3 is 0 Å². The summed E-state index contributed by atoms with van der Waals surface area (Å²) in [6, 6.07) is 13.1. The molecule has 2 aromatic carbocycles. The first-order valence-electron chi connectivity index (χ1n) is 7.84. The van der Waals surface area contributed by atoms with Gasteiger partial charge in [-0.3, -0.25) is 14.5 Å². The molecular weight excluding hydrogens is 304 g/mol. The van der Waals surface area contributed by atoms with Crippen LogP contribution in [-0.2, 0) is 9.59 Å². The van der Waals surface area contributed by atoms with Crippen molar-refractivity contribution in [2.75, 3.05) is 30.0 Å². The summed E-state index contributed by atoms with van der Waals surface area (Å²) in [5.41, 5.74) is 3.67. The van der Waals surface area contributed by atoms with Gasteiger partial charge in [-0.15, -0.1) is 0 Å². The molecule has 0 spiro atoms. The number of benzene rings is 2. The van der Waals surface area contributed by atoms with E-state index in [0.29, 0.717) is 11.4 Å². The number of hydrogen-bond acceptors (Lipinski definition) is 3. The Balaban J connectivity index is 1.84. The fourth-order valence-corrected chi connectivity index (χ4v) is 2.80. The molecule has 1 heterocycles. The van der Waals surface area contributed by atoms with Crippen molar-refractivity contribution in [3.63, 3.8) is 0 Å². The lowest BCUT2D eigenvalue weighted by molar-refractivity contribution is -0.124. The first kappa shape index (κ1) is 16.1. The molecule has 0 fully saturated rings. The summed E-state index contributed by atoms with van der Waals surface area (Å²) in [5.74, 6) is 0.268. The predicted molar refractivity (Wildman–Crippen MR) is 93.6 cm³/mol. The maximum absolute atomic E-state index is 12.7. The zero-order valence-corrected chi connectivity index (χ0v) is 14.1. The average molecular weight is 324 g/mol. The van der Waals surface area contributed by atoms with E-state index in [2.05, 4.69) is 0 Å². The maximum Gasteiger partial charge on any atom is 0.265 e. The average Bonchev–Trinajstić information content (AvgIpc) is 2.59. The lowest BCUT2D eigenvalue weighted by atomic mass is 10.1. The number of hydrogen-bond donors (Lipinski definition) is 0. The summed E-state index contributed by atoms with van der Waals surface area (Å²) in [5, 5.41) is 0. The van der Waals surface area contributed by atoms with Gasteiger partial charge in [0.15, 0.2) is 6.61 Å². The number of likely N-dealkylation sites (N-methyl/N-ethyl adjacent to an activating group) is 1. The number of aryl methyl sites for hydroxylation is 1. The molecule has 0 bridgehead atoms. The third-order valence-corrected chi connectivity index (χ3v) is 4.41. The summed E-state index contributed by atoms with van der Waals surface area (Å²) in [6.07, 6.45) is 0. The first-order chi connectivity index (χ1) is 11.5. The fraction of sp³-hybridized carbons (Fsp3) is 0.263. The molecule has 3 rings (SSSR count). The van der Waals surface area contributed by atoms with Crippen LogP contribution in [0.1, 0.15) is 11.1 Å². The molecule has 0 aliphatic carbocycles. The molecule has 0 N–H and O–H groups in total. The summed E-state index contributed by atoms with van der Waals surface area (Å²) < 4.78 is 5.41. The van der Waals surface area contributed by atoms with Gasteiger partial charge in [-0.2, -0.15) is 0 Å². The van der Waals surface area contributed by atoms with E-state index in [1.54, 1.807) is 24.1 Å². The van der Waals surface area contributed by atoms with Crippen LogP contribution in [0, 0.1) is 13.8 Å². The van der Waals surface area contributed by atoms with Crippen LogP contribution in [0.2, 0.25) is 0 Å². The van der Waals surface area contributed by atoms with Crippen molar-refractivity contribution >= 4 is 23.2 Å². The van der Waals surface area contributed by atoms with Gasteiger partial charge in [-0.05, 0) is 43.2 Å². The summed E-state index contributed by atoms with van der Waals surface area (Å²) in [6.45, 7) is 3.95. The fourth-order valence-electron chi connectivity index (χ4n) is 2.80. The Bertz CT molecular complexity index is 801. The highest BCUT2D eigenvalue weighted by Gasteiger charge is 2.28. The second-order valence-electron chi connectivity index (χ2n) is 5.91. The van der Waals surface area contributed by atoms with E-state index in [0.717, 1.165) is 16.8 Å². The van der Waals surface area contributed by atoms with Crippen LogP contribution >= 0.6 is 0 Å². The zero-order valence-electron chi connectivity index (χ0n) is 14.1. The number of carbonyl (C=O) groups excluding carboxylic acids is 2. The third kappa shape index (κ3) is 2.85. The van der Waals surface area contributed by atoms with Crippen LogP contribution in [0.25, 0.3) is 0 Å². The van der Waals surface area contributed by atoms with E-state index in [-0.39, 0.29) is 25.0 Å². The van der Waals surface area contributed by atoms with Crippen molar-refractivity contribution < 1.29 is 14.3 Å². The largest absolute Gasteiger partial charge is 0.482 e. The minimum atomic E-state index is -0.212. The minimum absolute atomic E-state index is 0.0108. The van der Waals surface area contributed by atoms with Crippen LogP contribution in [0.5, 0.6) is 5.75 Å². The van der Waals surface area contributed by atoms with Crippen molar-refractivity contribution in [2.45, 2.75) is 13.8 Å². The molecule has 2 aromatic rings. The Hall–Kier alpha value is -2.82. The van der Waals surface area contributed by atoms with Gasteiger partial charge < -0.3 is 9.64 Å². The van der Waals surface area contributed by atoms with Crippen molar-refractivity contribution in [1.82, 2.24) is 0 Å². The topological polar surface area (TPSA) is 49.9 Å². The van der Waals surface area contributed by atoms with Gasteiger partial charge in [-0.1, -0.05) is 24.3 Å². The number of ether oxygens (including phenoxy) is 1. The number of fused-ring (bicyclic) bond motifs is 1. The minimum Gasteiger partial charge on any atom is -0.482 e. The predicted octanol–water partition coefficient (Wildman–Crippen LogP) is 2.69. The second kappa shape index (κ2) is 6.35. The lowest BCUT2D eigenvalue weighted by Gasteiger charge is -2.30. The molecule has 1 aliphatic heterocycles. The molecule has 0 saturated carbocycles. The van der Waals surface area contributed by atoms with Crippen LogP contribution in [0.4, 0.5) is 11.4 Å². The molecular formula is C19H20N2O3. The van der Waals surface area contributed by atoms with Crippen molar-refractivity contribution in [3.05, 3.63) is 53.6 Å². The number of carbonyl (C=O) groups is 2. The number of para-hydroxylation sites is 2. The van der Waals surface area contributed by atoms with Gasteiger partial charge in [0.2, 0.25) is 5.91 Å².